The Morgan fingerprint density at radius 1 is 1.12 bits per heavy atom. The number of pyridine rings is 2. The molecule has 6 rings (SSSR count). The van der Waals surface area contributed by atoms with Crippen LogP contribution in [0.15, 0.2) is 54.9 Å². The third-order valence-electron chi connectivity index (χ3n) is 7.64. The number of morpholine rings is 1. The Bertz CT molecular complexity index is 1620. The Hall–Kier alpha value is -3.67. The van der Waals surface area contributed by atoms with E-state index in [1.165, 1.54) is 6.20 Å². The molecule has 1 amide bonds. The van der Waals surface area contributed by atoms with Crippen molar-refractivity contribution in [2.45, 2.75) is 32.1 Å². The smallest absolute Gasteiger partial charge is 0.416 e. The molecule has 1 saturated heterocycles. The summed E-state index contributed by atoms with van der Waals surface area (Å²) in [4.78, 5) is 26.5. The van der Waals surface area contributed by atoms with Crippen LogP contribution in [0.4, 0.5) is 13.2 Å². The first-order valence-electron chi connectivity index (χ1n) is 13.7. The average molecular weight is 600 g/mol. The number of rotatable bonds is 6. The van der Waals surface area contributed by atoms with Crippen LogP contribution in [0, 0.1) is 6.92 Å². The van der Waals surface area contributed by atoms with Crippen LogP contribution in [0.2, 0.25) is 5.02 Å². The van der Waals surface area contributed by atoms with Gasteiger partial charge in [-0.2, -0.15) is 13.2 Å². The predicted molar refractivity (Wildman–Crippen MR) is 149 cm³/mol. The number of amides is 1. The summed E-state index contributed by atoms with van der Waals surface area (Å²) in [6.07, 6.45) is -1.08. The number of benzene rings is 1. The molecule has 2 aliphatic rings. The molecule has 5 heterocycles. The second kappa shape index (κ2) is 11.5. The van der Waals surface area contributed by atoms with Gasteiger partial charge in [0.2, 0.25) is 0 Å². The molecule has 0 saturated carbocycles. The van der Waals surface area contributed by atoms with Crippen molar-refractivity contribution in [2.24, 2.45) is 0 Å². The maximum absolute atomic E-state index is 13.7. The summed E-state index contributed by atoms with van der Waals surface area (Å²) in [5, 5.41) is 0.415. The summed E-state index contributed by atoms with van der Waals surface area (Å²) in [6.45, 7) is 5.78. The van der Waals surface area contributed by atoms with Crippen molar-refractivity contribution in [2.75, 3.05) is 39.5 Å². The summed E-state index contributed by atoms with van der Waals surface area (Å²) in [5.74, 6) is 0.120. The molecule has 0 aliphatic carbocycles. The zero-order valence-electron chi connectivity index (χ0n) is 22.9. The van der Waals surface area contributed by atoms with Crippen molar-refractivity contribution >= 4 is 23.2 Å². The van der Waals surface area contributed by atoms with Gasteiger partial charge >= 0.3 is 6.18 Å². The van der Waals surface area contributed by atoms with Crippen LogP contribution in [0.1, 0.15) is 39.8 Å². The second-order valence-electron chi connectivity index (χ2n) is 10.5. The zero-order valence-corrected chi connectivity index (χ0v) is 23.7. The maximum atomic E-state index is 13.7. The summed E-state index contributed by atoms with van der Waals surface area (Å²) in [5.41, 5.74) is 3.28. The van der Waals surface area contributed by atoms with E-state index in [0.717, 1.165) is 48.6 Å². The molecule has 2 aliphatic heterocycles. The summed E-state index contributed by atoms with van der Waals surface area (Å²) in [6, 6.07) is 10.7. The molecule has 1 aromatic carbocycles. The zero-order chi connectivity index (χ0) is 29.4. The topological polar surface area (TPSA) is 72.2 Å². The van der Waals surface area contributed by atoms with Crippen LogP contribution in [0.3, 0.4) is 0 Å². The van der Waals surface area contributed by atoms with Gasteiger partial charge in [-0.05, 0) is 54.4 Å². The van der Waals surface area contributed by atoms with Crippen molar-refractivity contribution in [3.63, 3.8) is 0 Å². The van der Waals surface area contributed by atoms with E-state index in [1.54, 1.807) is 27.6 Å². The minimum Gasteiger partial charge on any atom is -0.482 e. The summed E-state index contributed by atoms with van der Waals surface area (Å²) < 4.78 is 53.2. The Labute approximate surface area is 245 Å². The lowest BCUT2D eigenvalue weighted by atomic mass is 9.95. The Morgan fingerprint density at radius 2 is 1.93 bits per heavy atom. The van der Waals surface area contributed by atoms with Crippen molar-refractivity contribution in [1.82, 2.24) is 24.2 Å². The third-order valence-corrected chi connectivity index (χ3v) is 7.94. The lowest BCUT2D eigenvalue weighted by Crippen LogP contribution is -2.43. The number of hydrogen-bond acceptors (Lipinski definition) is 6. The van der Waals surface area contributed by atoms with Gasteiger partial charge in [-0.25, -0.2) is 4.98 Å². The van der Waals surface area contributed by atoms with Crippen LogP contribution in [-0.4, -0.2) is 69.5 Å². The van der Waals surface area contributed by atoms with Crippen LogP contribution in [0.25, 0.3) is 5.65 Å². The van der Waals surface area contributed by atoms with Gasteiger partial charge in [-0.15, -0.1) is 0 Å². The summed E-state index contributed by atoms with van der Waals surface area (Å²) >= 11 is 6.53. The maximum Gasteiger partial charge on any atom is 0.416 e. The molecule has 1 fully saturated rings. The van der Waals surface area contributed by atoms with Gasteiger partial charge in [-0.1, -0.05) is 17.7 Å². The Morgan fingerprint density at radius 3 is 2.67 bits per heavy atom. The van der Waals surface area contributed by atoms with E-state index in [2.05, 4.69) is 14.9 Å². The van der Waals surface area contributed by atoms with Crippen molar-refractivity contribution in [1.29, 1.82) is 0 Å². The molecule has 0 bridgehead atoms. The van der Waals surface area contributed by atoms with Gasteiger partial charge in [-0.3, -0.25) is 14.7 Å². The third kappa shape index (κ3) is 5.81. The normalized spacial score (nSPS) is 17.8. The van der Waals surface area contributed by atoms with E-state index in [4.69, 9.17) is 21.1 Å². The molecule has 3 aromatic heterocycles. The van der Waals surface area contributed by atoms with E-state index in [0.29, 0.717) is 48.3 Å². The van der Waals surface area contributed by atoms with E-state index < -0.39 is 17.8 Å². The van der Waals surface area contributed by atoms with Crippen LogP contribution in [0.5, 0.6) is 5.75 Å². The van der Waals surface area contributed by atoms with Gasteiger partial charge in [0.1, 0.15) is 11.4 Å². The number of ether oxygens (including phenoxy) is 2. The van der Waals surface area contributed by atoms with E-state index in [1.807, 2.05) is 25.1 Å². The number of alkyl halides is 3. The van der Waals surface area contributed by atoms with Gasteiger partial charge in [0.05, 0.1) is 41.2 Å². The number of carbonyl (C=O) groups excluding carboxylic acids is 1. The molecule has 4 aromatic rings. The predicted octanol–water partition coefficient (Wildman–Crippen LogP) is 5.10. The highest BCUT2D eigenvalue weighted by molar-refractivity contribution is 6.32. The number of hydrogen-bond donors (Lipinski definition) is 0. The first-order valence-corrected chi connectivity index (χ1v) is 14.1. The monoisotopic (exact) mass is 599 g/mol. The number of halogens is 4. The largest absolute Gasteiger partial charge is 0.482 e. The molecule has 1 atom stereocenters. The van der Waals surface area contributed by atoms with Crippen LogP contribution >= 0.6 is 11.6 Å². The van der Waals surface area contributed by atoms with Gasteiger partial charge < -0.3 is 18.8 Å². The first-order chi connectivity index (χ1) is 20.2. The minimum absolute atomic E-state index is 0.181. The quantitative estimate of drug-likeness (QED) is 0.307. The number of nitrogens with zero attached hydrogens (tertiary/aromatic N) is 5. The highest BCUT2D eigenvalue weighted by Crippen LogP contribution is 2.38. The Balaban J connectivity index is 1.25. The molecule has 8 nitrogen and oxygen atoms in total. The number of fused-ring (bicyclic) bond motifs is 3. The highest BCUT2D eigenvalue weighted by Gasteiger charge is 2.37. The minimum atomic E-state index is -4.49. The standard InChI is InChI=1S/C30H29ClF3N5O3/c1-19-14-21(4-7-35-19)28-29-24(36-26-16-22(30(32,33)34)5-8-38(26)29)6-9-39(28)27(40)18-42-25-3-2-20(15-23(25)31)17-37-10-12-41-13-11-37/h2-5,7-8,14-16,28H,6,9-13,17-18H2,1H3. The molecule has 1 unspecified atom stereocenters. The second-order valence-corrected chi connectivity index (χ2v) is 10.9. The van der Waals surface area contributed by atoms with E-state index >= 15 is 0 Å². The highest BCUT2D eigenvalue weighted by atomic mass is 35.5. The fourth-order valence-electron chi connectivity index (χ4n) is 5.61. The number of aryl methyl sites for hydroxylation is 1. The molecular weight excluding hydrogens is 571 g/mol. The van der Waals surface area contributed by atoms with E-state index in [-0.39, 0.29) is 18.2 Å². The molecule has 12 heteroatoms. The van der Waals surface area contributed by atoms with Crippen molar-refractivity contribution < 1.29 is 27.4 Å². The van der Waals surface area contributed by atoms with Crippen LogP contribution in [-0.2, 0) is 28.7 Å². The fraction of sp³-hybridized carbons (Fsp3) is 0.367. The van der Waals surface area contributed by atoms with Crippen LogP contribution < -0.4 is 4.74 Å². The molecule has 0 N–H and O–H groups in total. The lowest BCUT2D eigenvalue weighted by molar-refractivity contribution is -0.137. The lowest BCUT2D eigenvalue weighted by Gasteiger charge is -2.36. The molecule has 0 spiro atoms. The van der Waals surface area contributed by atoms with Gasteiger partial charge in [0.15, 0.2) is 6.61 Å². The molecule has 42 heavy (non-hydrogen) atoms. The average Bonchev–Trinajstić information content (AvgIpc) is 3.34. The Kier molecular flexibility index (Phi) is 7.82. The number of aromatic nitrogens is 3. The molecule has 220 valence electrons. The number of carbonyl (C=O) groups is 1. The molecular formula is C30H29ClF3N5O3. The fourth-order valence-corrected chi connectivity index (χ4v) is 5.87. The van der Waals surface area contributed by atoms with Gasteiger partial charge in [0.25, 0.3) is 5.91 Å². The van der Waals surface area contributed by atoms with Crippen molar-refractivity contribution in [3.8, 4) is 5.75 Å². The first kappa shape index (κ1) is 28.4. The van der Waals surface area contributed by atoms with Crippen molar-refractivity contribution in [3.05, 3.63) is 93.7 Å². The summed E-state index contributed by atoms with van der Waals surface area (Å²) in [7, 11) is 0. The molecule has 0 radical (unpaired) electrons. The number of imidazole rings is 1. The SMILES string of the molecule is Cc1cc(C2c3c(nc4cc(C(F)(F)F)ccn34)CCN2C(=O)COc2ccc(CN3CCOCC3)cc2Cl)ccn1. The van der Waals surface area contributed by atoms with E-state index in [9.17, 15) is 18.0 Å². The van der Waals surface area contributed by atoms with Gasteiger partial charge in [0, 0.05) is 50.7 Å².